The van der Waals surface area contributed by atoms with Crippen molar-refractivity contribution in [3.05, 3.63) is 24.0 Å². The highest BCUT2D eigenvalue weighted by atomic mass is 32.2. The lowest BCUT2D eigenvalue weighted by molar-refractivity contribution is -0.144. The summed E-state index contributed by atoms with van der Waals surface area (Å²) in [5.74, 6) is -1.86. The molecule has 15 heteroatoms. The van der Waals surface area contributed by atoms with Crippen LogP contribution in [0, 0.1) is 0 Å². The molecule has 1 unspecified atom stereocenters. The fraction of sp³-hybridized carbons (Fsp3) is 0.529. The van der Waals surface area contributed by atoms with E-state index in [0.29, 0.717) is 18.8 Å². The first kappa shape index (κ1) is 25.6. The van der Waals surface area contributed by atoms with Crippen molar-refractivity contribution in [2.24, 2.45) is 14.8 Å². The van der Waals surface area contributed by atoms with Crippen molar-refractivity contribution in [1.82, 2.24) is 14.8 Å². The Morgan fingerprint density at radius 3 is 2.38 bits per heavy atom. The summed E-state index contributed by atoms with van der Waals surface area (Å²) in [5, 5.41) is 10.8. The number of nitrogens with zero attached hydrogens (tertiary/aromatic N) is 7. The van der Waals surface area contributed by atoms with Gasteiger partial charge in [-0.25, -0.2) is 22.5 Å². The Hall–Kier alpha value is -2.68. The smallest absolute Gasteiger partial charge is 0.372 e. The molecular formula is C17H22F5N7O2S. The molecule has 0 fully saturated rings. The highest BCUT2D eigenvalue weighted by Crippen LogP contribution is 2.33. The Bertz CT molecular complexity index is 1060. The molecule has 2 aromatic rings. The number of alkyl halides is 5. The number of benzene rings is 1. The van der Waals surface area contributed by atoms with Gasteiger partial charge in [-0.2, -0.15) is 18.2 Å². The minimum atomic E-state index is -4.79. The molecular weight excluding hydrogens is 461 g/mol. The van der Waals surface area contributed by atoms with Crippen LogP contribution in [0.5, 0.6) is 0 Å². The number of azo groups is 1. The minimum Gasteiger partial charge on any atom is -0.372 e. The van der Waals surface area contributed by atoms with Gasteiger partial charge in [0.15, 0.2) is 6.01 Å². The van der Waals surface area contributed by atoms with Crippen LogP contribution < -0.4 is 4.90 Å². The van der Waals surface area contributed by atoms with Crippen molar-refractivity contribution in [3.8, 4) is 0 Å². The number of hydrogen-bond acceptors (Lipinski definition) is 8. The molecule has 1 atom stereocenters. The van der Waals surface area contributed by atoms with E-state index in [1.165, 1.54) is 19.1 Å². The van der Waals surface area contributed by atoms with Crippen LogP contribution in [0.3, 0.4) is 0 Å². The van der Waals surface area contributed by atoms with E-state index in [4.69, 9.17) is 0 Å². The lowest BCUT2D eigenvalue weighted by Gasteiger charge is -2.22. The molecule has 0 aliphatic heterocycles. The van der Waals surface area contributed by atoms with E-state index in [1.54, 1.807) is 6.07 Å². The Morgan fingerprint density at radius 2 is 1.84 bits per heavy atom. The van der Waals surface area contributed by atoms with Crippen molar-refractivity contribution in [1.29, 1.82) is 0 Å². The SMILES string of the molecule is CCN(CC)c1ccc(N=Nc2nc(C(F)(F)F)nn2CC)c(S(=O)(CF)=NOCF)c1. The van der Waals surface area contributed by atoms with Gasteiger partial charge in [-0.05, 0) is 39.0 Å². The number of hydrogen-bond donors (Lipinski definition) is 0. The van der Waals surface area contributed by atoms with Crippen molar-refractivity contribution in [2.75, 3.05) is 30.9 Å². The third kappa shape index (κ3) is 5.76. The van der Waals surface area contributed by atoms with Gasteiger partial charge in [-0.3, -0.25) is 0 Å². The number of halogens is 5. The third-order valence-corrected chi connectivity index (χ3v) is 5.89. The Balaban J connectivity index is 2.63. The van der Waals surface area contributed by atoms with E-state index in [-0.39, 0.29) is 17.1 Å². The van der Waals surface area contributed by atoms with Gasteiger partial charge in [-0.1, -0.05) is 4.53 Å². The van der Waals surface area contributed by atoms with Gasteiger partial charge >= 0.3 is 6.18 Å². The van der Waals surface area contributed by atoms with Crippen LogP contribution >= 0.6 is 0 Å². The second-order valence-corrected chi connectivity index (χ2v) is 8.22. The van der Waals surface area contributed by atoms with E-state index < -0.39 is 40.5 Å². The zero-order valence-electron chi connectivity index (χ0n) is 17.5. The van der Waals surface area contributed by atoms with Crippen LogP contribution in [0.1, 0.15) is 26.6 Å². The monoisotopic (exact) mass is 483 g/mol. The molecule has 1 aromatic heterocycles. The minimum absolute atomic E-state index is 0.0199. The molecule has 9 nitrogen and oxygen atoms in total. The maximum absolute atomic E-state index is 13.7. The third-order valence-electron chi connectivity index (χ3n) is 4.24. The summed E-state index contributed by atoms with van der Waals surface area (Å²) in [7, 11) is -3.92. The van der Waals surface area contributed by atoms with E-state index in [0.717, 1.165) is 4.68 Å². The molecule has 1 heterocycles. The Labute approximate surface area is 181 Å². The topological polar surface area (TPSA) is 97.3 Å². The molecule has 0 aliphatic rings. The molecule has 0 aliphatic carbocycles. The van der Waals surface area contributed by atoms with Gasteiger partial charge in [0.05, 0.1) is 4.90 Å². The second-order valence-electron chi connectivity index (χ2n) is 6.14. The number of anilines is 1. The maximum atomic E-state index is 13.7. The van der Waals surface area contributed by atoms with Crippen LogP contribution in [0.15, 0.2) is 37.8 Å². The lowest BCUT2D eigenvalue weighted by atomic mass is 10.2. The Kier molecular flexibility index (Phi) is 8.60. The van der Waals surface area contributed by atoms with Crippen LogP contribution in [0.2, 0.25) is 0 Å². The summed E-state index contributed by atoms with van der Waals surface area (Å²) >= 11 is 0. The fourth-order valence-corrected chi connectivity index (χ4v) is 3.88. The number of rotatable bonds is 10. The molecule has 0 spiro atoms. The molecule has 0 radical (unpaired) electrons. The summed E-state index contributed by atoms with van der Waals surface area (Å²) < 4.78 is 81.9. The molecule has 0 N–H and O–H groups in total. The lowest BCUT2D eigenvalue weighted by Crippen LogP contribution is -2.22. The fourth-order valence-electron chi connectivity index (χ4n) is 2.69. The van der Waals surface area contributed by atoms with Gasteiger partial charge in [0.1, 0.15) is 15.4 Å². The van der Waals surface area contributed by atoms with Crippen molar-refractivity contribution < 1.29 is 31.0 Å². The summed E-state index contributed by atoms with van der Waals surface area (Å²) in [6.45, 7) is 5.01. The van der Waals surface area contributed by atoms with E-state index in [1.807, 2.05) is 18.7 Å². The molecule has 0 bridgehead atoms. The number of aromatic nitrogens is 3. The van der Waals surface area contributed by atoms with Crippen molar-refractivity contribution in [2.45, 2.75) is 38.4 Å². The van der Waals surface area contributed by atoms with Gasteiger partial charge < -0.3 is 4.90 Å². The second kappa shape index (κ2) is 10.8. The van der Waals surface area contributed by atoms with Gasteiger partial charge in [-0.15, -0.1) is 15.3 Å². The first-order chi connectivity index (χ1) is 15.1. The van der Waals surface area contributed by atoms with E-state index >= 15 is 0 Å². The molecule has 2 rings (SSSR count). The zero-order valence-corrected chi connectivity index (χ0v) is 18.3. The quantitative estimate of drug-likeness (QED) is 0.263. The summed E-state index contributed by atoms with van der Waals surface area (Å²) in [6, 6.07) is 2.77. The van der Waals surface area contributed by atoms with E-state index in [9.17, 15) is 26.2 Å². The molecule has 1 aromatic carbocycles. The highest BCUT2D eigenvalue weighted by Gasteiger charge is 2.37. The normalized spacial score (nSPS) is 14.0. The van der Waals surface area contributed by atoms with Crippen LogP contribution in [-0.4, -0.2) is 44.9 Å². The zero-order chi connectivity index (χ0) is 23.9. The Morgan fingerprint density at radius 1 is 1.16 bits per heavy atom. The van der Waals surface area contributed by atoms with Gasteiger partial charge in [0.2, 0.25) is 6.86 Å². The molecule has 0 saturated heterocycles. The molecule has 0 saturated carbocycles. The molecule has 0 amide bonds. The summed E-state index contributed by atoms with van der Waals surface area (Å²) in [4.78, 5) is 9.13. The first-order valence-electron chi connectivity index (χ1n) is 9.44. The number of aryl methyl sites for hydroxylation is 1. The standard InChI is InChI=1S/C17H22F5N7O2S/c1-4-28(5-2)12-7-8-13(14(9-12)32(30,11-19)27-31-10-18)24-25-16-23-15(17(20,21)22)26-29(16)6-3/h7-9H,4-6,10-11H2,1-3H3. The van der Waals surface area contributed by atoms with Crippen LogP contribution in [-0.2, 0) is 27.3 Å². The van der Waals surface area contributed by atoms with Crippen molar-refractivity contribution in [3.63, 3.8) is 0 Å². The van der Waals surface area contributed by atoms with Crippen LogP contribution in [0.4, 0.5) is 39.3 Å². The molecule has 178 valence electrons. The van der Waals surface area contributed by atoms with E-state index in [2.05, 4.69) is 29.7 Å². The average Bonchev–Trinajstić information content (AvgIpc) is 3.21. The first-order valence-corrected chi connectivity index (χ1v) is 11.1. The van der Waals surface area contributed by atoms with Gasteiger partial charge in [0.25, 0.3) is 11.8 Å². The predicted octanol–water partition coefficient (Wildman–Crippen LogP) is 5.19. The van der Waals surface area contributed by atoms with Gasteiger partial charge in [0, 0.05) is 25.3 Å². The highest BCUT2D eigenvalue weighted by molar-refractivity contribution is 7.93. The van der Waals surface area contributed by atoms with Crippen LogP contribution in [0.25, 0.3) is 0 Å². The van der Waals surface area contributed by atoms with Crippen molar-refractivity contribution >= 4 is 27.1 Å². The predicted molar refractivity (Wildman–Crippen MR) is 107 cm³/mol. The summed E-state index contributed by atoms with van der Waals surface area (Å²) in [5.41, 5.74) is 0.394. The maximum Gasteiger partial charge on any atom is 0.453 e. The largest absolute Gasteiger partial charge is 0.453 e. The molecule has 32 heavy (non-hydrogen) atoms. The summed E-state index contributed by atoms with van der Waals surface area (Å²) in [6.07, 6.45) is -4.79. The average molecular weight is 483 g/mol.